The molecule has 0 aliphatic carbocycles. The van der Waals surface area contributed by atoms with Gasteiger partial charge in [-0.15, -0.1) is 0 Å². The molecule has 0 bridgehead atoms. The molecule has 0 saturated carbocycles. The summed E-state index contributed by atoms with van der Waals surface area (Å²) >= 11 is 0. The van der Waals surface area contributed by atoms with Crippen LogP contribution in [0.1, 0.15) is 45.4 Å². The number of hydrogen-bond acceptors (Lipinski definition) is 4. The summed E-state index contributed by atoms with van der Waals surface area (Å²) < 4.78 is 10.8. The lowest BCUT2D eigenvalue weighted by Crippen LogP contribution is -2.46. The summed E-state index contributed by atoms with van der Waals surface area (Å²) in [6.07, 6.45) is 3.92. The molecular weight excluding hydrogens is 240 g/mol. The fourth-order valence-corrected chi connectivity index (χ4v) is 2.69. The maximum absolute atomic E-state index is 6.21. The van der Waals surface area contributed by atoms with Crippen molar-refractivity contribution in [2.45, 2.75) is 51.7 Å². The standard InChI is InChI=1S/C15H28N2O2/c1-5-13(6-2)17(9-11-18-4)15(12(3)16)14-8-7-10-19-14/h7-8,10,12-13,15H,5-6,9,11,16H2,1-4H3. The maximum atomic E-state index is 6.21. The Balaban J connectivity index is 2.96. The summed E-state index contributed by atoms with van der Waals surface area (Å²) in [5, 5.41) is 0. The Hall–Kier alpha value is -0.840. The Morgan fingerprint density at radius 1 is 1.37 bits per heavy atom. The van der Waals surface area contributed by atoms with Gasteiger partial charge in [0.25, 0.3) is 0 Å². The van der Waals surface area contributed by atoms with Crippen LogP contribution in [0.25, 0.3) is 0 Å². The second kappa shape index (κ2) is 8.35. The van der Waals surface area contributed by atoms with E-state index in [1.54, 1.807) is 13.4 Å². The fourth-order valence-electron chi connectivity index (χ4n) is 2.69. The number of hydrogen-bond donors (Lipinski definition) is 1. The molecule has 1 aromatic rings. The summed E-state index contributed by atoms with van der Waals surface area (Å²) in [4.78, 5) is 2.42. The molecule has 0 amide bonds. The first-order valence-corrected chi connectivity index (χ1v) is 7.19. The molecular formula is C15H28N2O2. The van der Waals surface area contributed by atoms with Crippen LogP contribution in [-0.2, 0) is 4.74 Å². The fraction of sp³-hybridized carbons (Fsp3) is 0.733. The predicted molar refractivity (Wildman–Crippen MR) is 78.1 cm³/mol. The van der Waals surface area contributed by atoms with Gasteiger partial charge in [0, 0.05) is 25.7 Å². The van der Waals surface area contributed by atoms with Gasteiger partial charge in [-0.3, -0.25) is 4.90 Å². The lowest BCUT2D eigenvalue weighted by molar-refractivity contribution is 0.0608. The monoisotopic (exact) mass is 268 g/mol. The Morgan fingerprint density at radius 3 is 2.47 bits per heavy atom. The third-order valence-corrected chi connectivity index (χ3v) is 3.66. The van der Waals surface area contributed by atoms with E-state index < -0.39 is 0 Å². The molecule has 110 valence electrons. The van der Waals surface area contributed by atoms with Crippen molar-refractivity contribution in [2.24, 2.45) is 5.73 Å². The summed E-state index contributed by atoms with van der Waals surface area (Å²) in [5.41, 5.74) is 6.21. The molecule has 1 rings (SSSR count). The molecule has 2 unspecified atom stereocenters. The summed E-state index contributed by atoms with van der Waals surface area (Å²) in [7, 11) is 1.73. The van der Waals surface area contributed by atoms with Gasteiger partial charge in [0.2, 0.25) is 0 Å². The van der Waals surface area contributed by atoms with Gasteiger partial charge in [-0.25, -0.2) is 0 Å². The van der Waals surface area contributed by atoms with Crippen molar-refractivity contribution in [2.75, 3.05) is 20.3 Å². The van der Waals surface area contributed by atoms with Crippen molar-refractivity contribution < 1.29 is 9.15 Å². The average molecular weight is 268 g/mol. The molecule has 4 nitrogen and oxygen atoms in total. The van der Waals surface area contributed by atoms with Crippen LogP contribution in [-0.4, -0.2) is 37.2 Å². The zero-order valence-electron chi connectivity index (χ0n) is 12.6. The van der Waals surface area contributed by atoms with E-state index in [0.29, 0.717) is 12.6 Å². The number of nitrogens with two attached hydrogens (primary N) is 1. The Bertz CT molecular complexity index is 321. The highest BCUT2D eigenvalue weighted by molar-refractivity contribution is 5.08. The van der Waals surface area contributed by atoms with Crippen LogP contribution in [0.4, 0.5) is 0 Å². The number of rotatable bonds is 9. The average Bonchev–Trinajstić information content (AvgIpc) is 2.90. The Kier molecular flexibility index (Phi) is 7.13. The van der Waals surface area contributed by atoms with E-state index in [0.717, 1.165) is 25.1 Å². The zero-order chi connectivity index (χ0) is 14.3. The molecule has 0 radical (unpaired) electrons. The molecule has 1 aromatic heterocycles. The largest absolute Gasteiger partial charge is 0.468 e. The third-order valence-electron chi connectivity index (χ3n) is 3.66. The van der Waals surface area contributed by atoms with Gasteiger partial charge >= 0.3 is 0 Å². The highest BCUT2D eigenvalue weighted by atomic mass is 16.5. The minimum atomic E-state index is 0.0172. The van der Waals surface area contributed by atoms with Crippen molar-refractivity contribution in [1.82, 2.24) is 4.90 Å². The second-order valence-corrected chi connectivity index (χ2v) is 5.02. The second-order valence-electron chi connectivity index (χ2n) is 5.02. The maximum Gasteiger partial charge on any atom is 0.122 e. The van der Waals surface area contributed by atoms with Gasteiger partial charge in [0.05, 0.1) is 18.9 Å². The van der Waals surface area contributed by atoms with E-state index >= 15 is 0 Å². The molecule has 2 N–H and O–H groups in total. The van der Waals surface area contributed by atoms with Gasteiger partial charge in [0.15, 0.2) is 0 Å². The topological polar surface area (TPSA) is 51.6 Å². The number of ether oxygens (including phenoxy) is 1. The Morgan fingerprint density at radius 2 is 2.05 bits per heavy atom. The van der Waals surface area contributed by atoms with Crippen LogP contribution in [0.2, 0.25) is 0 Å². The van der Waals surface area contributed by atoms with Gasteiger partial charge in [0.1, 0.15) is 5.76 Å². The summed E-state index contributed by atoms with van der Waals surface area (Å²) in [6, 6.07) is 4.55. The molecule has 2 atom stereocenters. The first kappa shape index (κ1) is 16.2. The molecule has 0 aliphatic rings. The van der Waals surface area contributed by atoms with E-state index in [4.69, 9.17) is 14.9 Å². The number of methoxy groups -OCH3 is 1. The van der Waals surface area contributed by atoms with Crippen molar-refractivity contribution in [1.29, 1.82) is 0 Å². The van der Waals surface area contributed by atoms with Gasteiger partial charge < -0.3 is 14.9 Å². The van der Waals surface area contributed by atoms with E-state index in [9.17, 15) is 0 Å². The first-order valence-electron chi connectivity index (χ1n) is 7.19. The van der Waals surface area contributed by atoms with Crippen LogP contribution in [0, 0.1) is 0 Å². The SMILES string of the molecule is CCC(CC)N(CCOC)C(c1ccco1)C(C)N. The molecule has 1 heterocycles. The van der Waals surface area contributed by atoms with Crippen molar-refractivity contribution in [3.63, 3.8) is 0 Å². The van der Waals surface area contributed by atoms with Crippen molar-refractivity contribution in [3.8, 4) is 0 Å². The molecule has 0 aromatic carbocycles. The minimum Gasteiger partial charge on any atom is -0.468 e. The van der Waals surface area contributed by atoms with Gasteiger partial charge in [-0.05, 0) is 31.9 Å². The van der Waals surface area contributed by atoms with Crippen LogP contribution in [0.3, 0.4) is 0 Å². The number of nitrogens with zero attached hydrogens (tertiary/aromatic N) is 1. The molecule has 19 heavy (non-hydrogen) atoms. The summed E-state index contributed by atoms with van der Waals surface area (Å²) in [5.74, 6) is 0.943. The molecule has 4 heteroatoms. The van der Waals surface area contributed by atoms with Gasteiger partial charge in [-0.1, -0.05) is 13.8 Å². The van der Waals surface area contributed by atoms with Crippen LogP contribution in [0.5, 0.6) is 0 Å². The van der Waals surface area contributed by atoms with E-state index in [-0.39, 0.29) is 12.1 Å². The van der Waals surface area contributed by atoms with Crippen LogP contribution in [0.15, 0.2) is 22.8 Å². The lowest BCUT2D eigenvalue weighted by atomic mass is 10.0. The third kappa shape index (κ3) is 4.34. The van der Waals surface area contributed by atoms with E-state index in [1.807, 2.05) is 19.1 Å². The first-order chi connectivity index (χ1) is 9.15. The Labute approximate surface area is 116 Å². The molecule has 0 aliphatic heterocycles. The lowest BCUT2D eigenvalue weighted by Gasteiger charge is -2.38. The van der Waals surface area contributed by atoms with Crippen molar-refractivity contribution >= 4 is 0 Å². The summed E-state index contributed by atoms with van der Waals surface area (Å²) in [6.45, 7) is 8.05. The van der Waals surface area contributed by atoms with Gasteiger partial charge in [-0.2, -0.15) is 0 Å². The quantitative estimate of drug-likeness (QED) is 0.748. The van der Waals surface area contributed by atoms with Crippen molar-refractivity contribution in [3.05, 3.63) is 24.2 Å². The highest BCUT2D eigenvalue weighted by Crippen LogP contribution is 2.28. The normalized spacial score (nSPS) is 15.1. The van der Waals surface area contributed by atoms with E-state index in [1.165, 1.54) is 0 Å². The number of furan rings is 1. The minimum absolute atomic E-state index is 0.0172. The highest BCUT2D eigenvalue weighted by Gasteiger charge is 2.30. The zero-order valence-corrected chi connectivity index (χ0v) is 12.6. The van der Waals surface area contributed by atoms with E-state index in [2.05, 4.69) is 18.7 Å². The molecule has 0 fully saturated rings. The molecule has 0 spiro atoms. The van der Waals surface area contributed by atoms with Crippen LogP contribution < -0.4 is 5.73 Å². The molecule has 0 saturated heterocycles. The van der Waals surface area contributed by atoms with Crippen LogP contribution >= 0.6 is 0 Å². The smallest absolute Gasteiger partial charge is 0.122 e. The predicted octanol–water partition coefficient (Wildman–Crippen LogP) is 2.80.